The van der Waals surface area contributed by atoms with Crippen LogP contribution in [-0.4, -0.2) is 17.0 Å². The summed E-state index contributed by atoms with van der Waals surface area (Å²) >= 11 is 6.01. The number of hydrogen-bond donors (Lipinski definition) is 1. The van der Waals surface area contributed by atoms with Gasteiger partial charge in [-0.2, -0.15) is 13.2 Å². The number of rotatable bonds is 6. The van der Waals surface area contributed by atoms with Crippen LogP contribution in [-0.2, 0) is 16.5 Å². The van der Waals surface area contributed by atoms with Crippen molar-refractivity contribution in [3.8, 4) is 5.75 Å². The lowest BCUT2D eigenvalue weighted by atomic mass is 9.75. The number of amides is 1. The van der Waals surface area contributed by atoms with Crippen LogP contribution in [0.4, 0.5) is 13.2 Å². The van der Waals surface area contributed by atoms with E-state index in [0.717, 1.165) is 18.2 Å². The Hall–Kier alpha value is -2.28. The Morgan fingerprint density at radius 1 is 1.23 bits per heavy atom. The van der Waals surface area contributed by atoms with Gasteiger partial charge in [-0.05, 0) is 55.9 Å². The minimum Gasteiger partial charge on any atom is -0.490 e. The third-order valence-electron chi connectivity index (χ3n) is 5.42. The van der Waals surface area contributed by atoms with Crippen molar-refractivity contribution < 1.29 is 22.7 Å². The van der Waals surface area contributed by atoms with Crippen LogP contribution >= 0.6 is 11.6 Å². The molecule has 1 aromatic carbocycles. The summed E-state index contributed by atoms with van der Waals surface area (Å²) in [6.45, 7) is 1.94. The fourth-order valence-electron chi connectivity index (χ4n) is 3.89. The number of pyridine rings is 1. The number of nitrogens with one attached hydrogen (secondary N) is 1. The Kier molecular flexibility index (Phi) is 6.91. The first-order chi connectivity index (χ1) is 14.2. The van der Waals surface area contributed by atoms with Gasteiger partial charge >= 0.3 is 6.18 Å². The zero-order chi connectivity index (χ0) is 21.8. The van der Waals surface area contributed by atoms with E-state index in [0.29, 0.717) is 37.1 Å². The van der Waals surface area contributed by atoms with Crippen molar-refractivity contribution in [2.75, 3.05) is 0 Å². The highest BCUT2D eigenvalue weighted by atomic mass is 35.5. The fraction of sp³-hybridized carbons (Fsp3) is 0.455. The second-order valence-corrected chi connectivity index (χ2v) is 8.01. The van der Waals surface area contributed by atoms with Gasteiger partial charge < -0.3 is 10.1 Å². The maximum Gasteiger partial charge on any atom is 0.421 e. The number of aromatic nitrogens is 1. The van der Waals surface area contributed by atoms with Gasteiger partial charge in [-0.15, -0.1) is 0 Å². The van der Waals surface area contributed by atoms with E-state index < -0.39 is 17.3 Å². The van der Waals surface area contributed by atoms with Crippen LogP contribution in [0.15, 0.2) is 42.7 Å². The first-order valence-corrected chi connectivity index (χ1v) is 10.4. The lowest BCUT2D eigenvalue weighted by Crippen LogP contribution is -2.49. The number of nitrogens with zero attached hydrogens (tertiary/aromatic N) is 1. The van der Waals surface area contributed by atoms with E-state index in [2.05, 4.69) is 10.3 Å². The standard InChI is InChI=1S/C22H24ClF3N2O2/c1-2-3-20(29)28-21(15-4-6-16(23)7-5-15)11-8-17(9-12-21)30-19-10-13-27-14-18(19)22(24,25)26/h4-7,10,13-14,17H,2-3,8-9,11-12H2,1H3,(H,28,29). The lowest BCUT2D eigenvalue weighted by molar-refractivity contribution is -0.139. The molecule has 1 heterocycles. The van der Waals surface area contributed by atoms with Crippen molar-refractivity contribution in [3.05, 3.63) is 58.9 Å². The summed E-state index contributed by atoms with van der Waals surface area (Å²) in [6.07, 6.45) is 0.442. The molecule has 0 bridgehead atoms. The highest BCUT2D eigenvalue weighted by Gasteiger charge is 2.40. The highest BCUT2D eigenvalue weighted by molar-refractivity contribution is 6.30. The van der Waals surface area contributed by atoms with E-state index in [1.807, 2.05) is 19.1 Å². The zero-order valence-corrected chi connectivity index (χ0v) is 17.4. The number of carbonyl (C=O) groups is 1. The molecule has 1 aliphatic carbocycles. The van der Waals surface area contributed by atoms with Crippen LogP contribution in [0.2, 0.25) is 5.02 Å². The number of alkyl halides is 3. The minimum absolute atomic E-state index is 0.0414. The van der Waals surface area contributed by atoms with E-state index in [1.54, 1.807) is 12.1 Å². The molecule has 1 amide bonds. The van der Waals surface area contributed by atoms with Crippen LogP contribution in [0.5, 0.6) is 5.75 Å². The summed E-state index contributed by atoms with van der Waals surface area (Å²) in [6, 6.07) is 8.58. The number of carbonyl (C=O) groups excluding carboxylic acids is 1. The third-order valence-corrected chi connectivity index (χ3v) is 5.67. The molecule has 1 saturated carbocycles. The number of benzene rings is 1. The van der Waals surface area contributed by atoms with Crippen LogP contribution in [0.25, 0.3) is 0 Å². The molecule has 1 aliphatic rings. The van der Waals surface area contributed by atoms with Gasteiger partial charge in [-0.1, -0.05) is 30.7 Å². The van der Waals surface area contributed by atoms with Crippen molar-refractivity contribution in [1.29, 1.82) is 0 Å². The molecule has 0 spiro atoms. The van der Waals surface area contributed by atoms with Gasteiger partial charge in [0.25, 0.3) is 0 Å². The predicted octanol–water partition coefficient (Wildman–Crippen LogP) is 5.89. The largest absolute Gasteiger partial charge is 0.490 e. The Morgan fingerprint density at radius 3 is 2.50 bits per heavy atom. The summed E-state index contributed by atoms with van der Waals surface area (Å²) in [4.78, 5) is 16.0. The van der Waals surface area contributed by atoms with Crippen LogP contribution < -0.4 is 10.1 Å². The molecule has 2 aromatic rings. The molecule has 0 aliphatic heterocycles. The molecule has 4 nitrogen and oxygen atoms in total. The van der Waals surface area contributed by atoms with Crippen molar-refractivity contribution in [2.24, 2.45) is 0 Å². The van der Waals surface area contributed by atoms with E-state index >= 15 is 0 Å². The van der Waals surface area contributed by atoms with Crippen LogP contribution in [0.3, 0.4) is 0 Å². The Morgan fingerprint density at radius 2 is 1.90 bits per heavy atom. The quantitative estimate of drug-likeness (QED) is 0.609. The molecule has 0 radical (unpaired) electrons. The highest BCUT2D eigenvalue weighted by Crippen LogP contribution is 2.41. The summed E-state index contributed by atoms with van der Waals surface area (Å²) < 4.78 is 45.4. The average molecular weight is 441 g/mol. The monoisotopic (exact) mass is 440 g/mol. The molecule has 0 unspecified atom stereocenters. The van der Waals surface area contributed by atoms with E-state index in [-0.39, 0.29) is 17.8 Å². The van der Waals surface area contributed by atoms with Gasteiger partial charge in [-0.25, -0.2) is 0 Å². The normalized spacial score (nSPS) is 21.8. The number of ether oxygens (including phenoxy) is 1. The van der Waals surface area contributed by atoms with Gasteiger partial charge in [0, 0.05) is 23.8 Å². The van der Waals surface area contributed by atoms with Crippen molar-refractivity contribution in [2.45, 2.75) is 63.3 Å². The third kappa shape index (κ3) is 5.25. The average Bonchev–Trinajstić information content (AvgIpc) is 2.70. The van der Waals surface area contributed by atoms with Gasteiger partial charge in [0.15, 0.2) is 0 Å². The minimum atomic E-state index is -4.53. The van der Waals surface area contributed by atoms with Crippen LogP contribution in [0.1, 0.15) is 56.6 Å². The molecule has 0 atom stereocenters. The van der Waals surface area contributed by atoms with E-state index in [9.17, 15) is 18.0 Å². The molecule has 162 valence electrons. The molecule has 1 aromatic heterocycles. The fourth-order valence-corrected chi connectivity index (χ4v) is 4.02. The molecule has 8 heteroatoms. The molecule has 1 fully saturated rings. The Labute approximate surface area is 178 Å². The van der Waals surface area contributed by atoms with Gasteiger partial charge in [0.1, 0.15) is 11.3 Å². The second-order valence-electron chi connectivity index (χ2n) is 7.57. The smallest absolute Gasteiger partial charge is 0.421 e. The molecular formula is C22H24ClF3N2O2. The van der Waals surface area contributed by atoms with Gasteiger partial charge in [0.2, 0.25) is 5.91 Å². The van der Waals surface area contributed by atoms with Gasteiger partial charge in [0.05, 0.1) is 11.6 Å². The topological polar surface area (TPSA) is 51.2 Å². The summed E-state index contributed by atoms with van der Waals surface area (Å²) in [7, 11) is 0. The summed E-state index contributed by atoms with van der Waals surface area (Å²) in [5.74, 6) is -0.253. The van der Waals surface area contributed by atoms with Crippen LogP contribution in [0, 0.1) is 0 Å². The molecule has 0 saturated heterocycles. The predicted molar refractivity (Wildman–Crippen MR) is 108 cm³/mol. The maximum atomic E-state index is 13.2. The maximum absolute atomic E-state index is 13.2. The lowest BCUT2D eigenvalue weighted by Gasteiger charge is -2.41. The molecule has 3 rings (SSSR count). The van der Waals surface area contributed by atoms with Crippen molar-refractivity contribution in [1.82, 2.24) is 10.3 Å². The second kappa shape index (κ2) is 9.25. The summed E-state index contributed by atoms with van der Waals surface area (Å²) in [5, 5.41) is 3.76. The van der Waals surface area contributed by atoms with Crippen molar-refractivity contribution in [3.63, 3.8) is 0 Å². The Bertz CT molecular complexity index is 863. The first kappa shape index (κ1) is 22.4. The SMILES string of the molecule is CCCC(=O)NC1(c2ccc(Cl)cc2)CCC(Oc2ccncc2C(F)(F)F)CC1. The van der Waals surface area contributed by atoms with E-state index in [1.165, 1.54) is 12.3 Å². The van der Waals surface area contributed by atoms with Gasteiger partial charge in [-0.3, -0.25) is 9.78 Å². The van der Waals surface area contributed by atoms with E-state index in [4.69, 9.17) is 16.3 Å². The first-order valence-electron chi connectivity index (χ1n) is 9.98. The zero-order valence-electron chi connectivity index (χ0n) is 16.6. The molecular weight excluding hydrogens is 417 g/mol. The van der Waals surface area contributed by atoms with Crippen molar-refractivity contribution >= 4 is 17.5 Å². The Balaban J connectivity index is 1.77. The summed E-state index contributed by atoms with van der Waals surface area (Å²) in [5.41, 5.74) is -0.521. The molecule has 1 N–H and O–H groups in total. The molecule has 30 heavy (non-hydrogen) atoms. The number of hydrogen-bond acceptors (Lipinski definition) is 3. The number of halogens is 4.